The lowest BCUT2D eigenvalue weighted by Crippen LogP contribution is -2.40. The average molecular weight is 446 g/mol. The van der Waals surface area contributed by atoms with Crippen LogP contribution in [0.2, 0.25) is 0 Å². The second-order valence-electron chi connectivity index (χ2n) is 7.94. The van der Waals surface area contributed by atoms with Gasteiger partial charge >= 0.3 is 6.01 Å². The van der Waals surface area contributed by atoms with E-state index in [-0.39, 0.29) is 24.3 Å². The molecular formula is C22H22N8O3. The van der Waals surface area contributed by atoms with E-state index in [0.29, 0.717) is 31.5 Å². The Morgan fingerprint density at radius 3 is 2.76 bits per heavy atom. The summed E-state index contributed by atoms with van der Waals surface area (Å²) >= 11 is 0. The summed E-state index contributed by atoms with van der Waals surface area (Å²) in [6.45, 7) is 1.64. The van der Waals surface area contributed by atoms with Gasteiger partial charge in [-0.3, -0.25) is 4.98 Å². The van der Waals surface area contributed by atoms with E-state index >= 15 is 0 Å². The van der Waals surface area contributed by atoms with Crippen LogP contribution in [0, 0.1) is 0 Å². The number of ether oxygens (including phenoxy) is 3. The summed E-state index contributed by atoms with van der Waals surface area (Å²) in [5.41, 5.74) is 1.96. The van der Waals surface area contributed by atoms with Gasteiger partial charge in [-0.25, -0.2) is 4.98 Å². The molecule has 3 aromatic heterocycles. The minimum Gasteiger partial charge on any atom is -0.423 e. The van der Waals surface area contributed by atoms with Crippen LogP contribution in [0.5, 0.6) is 11.8 Å². The van der Waals surface area contributed by atoms with Crippen LogP contribution in [0.25, 0.3) is 5.69 Å². The molecule has 2 fully saturated rings. The van der Waals surface area contributed by atoms with Crippen molar-refractivity contribution < 1.29 is 14.2 Å². The number of hydrogen-bond donors (Lipinski definition) is 1. The van der Waals surface area contributed by atoms with Crippen LogP contribution >= 0.6 is 0 Å². The quantitative estimate of drug-likeness (QED) is 0.451. The summed E-state index contributed by atoms with van der Waals surface area (Å²) in [5, 5.41) is 15.5. The maximum Gasteiger partial charge on any atom is 0.341 e. The van der Waals surface area contributed by atoms with Gasteiger partial charge in [0, 0.05) is 30.8 Å². The molecule has 0 unspecified atom stereocenters. The van der Waals surface area contributed by atoms with Crippen molar-refractivity contribution in [2.45, 2.75) is 30.8 Å². The molecule has 168 valence electrons. The lowest BCUT2D eigenvalue weighted by atomic mass is 10.1. The van der Waals surface area contributed by atoms with E-state index in [2.05, 4.69) is 30.8 Å². The maximum absolute atomic E-state index is 6.09. The highest BCUT2D eigenvalue weighted by Gasteiger charge is 2.49. The second-order valence-corrected chi connectivity index (χ2v) is 7.94. The molecule has 0 saturated carbocycles. The maximum atomic E-state index is 6.09. The van der Waals surface area contributed by atoms with Gasteiger partial charge < -0.3 is 24.1 Å². The molecule has 0 spiro atoms. The highest BCUT2D eigenvalue weighted by Crippen LogP contribution is 2.36. The smallest absolute Gasteiger partial charge is 0.341 e. The zero-order valence-corrected chi connectivity index (χ0v) is 17.6. The van der Waals surface area contributed by atoms with Crippen molar-refractivity contribution in [1.82, 2.24) is 40.1 Å². The Balaban J connectivity index is 1.12. The molecule has 11 nitrogen and oxygen atoms in total. The van der Waals surface area contributed by atoms with Gasteiger partial charge in [0.15, 0.2) is 0 Å². The van der Waals surface area contributed by atoms with E-state index < -0.39 is 0 Å². The fourth-order valence-electron chi connectivity index (χ4n) is 4.27. The molecular weight excluding hydrogens is 424 g/mol. The van der Waals surface area contributed by atoms with E-state index in [1.165, 1.54) is 0 Å². The SMILES string of the molecule is c1ccc(CN[C@@H]2CO[C@@H]3[C@@H]2OC[C@@H]3n2nnnc2Oc2ccc(-n3ccnc3)cc2)nc1. The van der Waals surface area contributed by atoms with Crippen LogP contribution in [-0.4, -0.2) is 66.2 Å². The van der Waals surface area contributed by atoms with Gasteiger partial charge in [-0.1, -0.05) is 11.2 Å². The van der Waals surface area contributed by atoms with E-state index in [4.69, 9.17) is 14.2 Å². The number of imidazole rings is 1. The summed E-state index contributed by atoms with van der Waals surface area (Å²) in [4.78, 5) is 8.42. The third-order valence-corrected chi connectivity index (χ3v) is 5.92. The van der Waals surface area contributed by atoms with Crippen molar-refractivity contribution in [1.29, 1.82) is 0 Å². The van der Waals surface area contributed by atoms with E-state index in [1.54, 1.807) is 23.4 Å². The third kappa shape index (κ3) is 3.97. The van der Waals surface area contributed by atoms with Gasteiger partial charge in [0.2, 0.25) is 0 Å². The monoisotopic (exact) mass is 446 g/mol. The number of rotatable bonds is 7. The summed E-state index contributed by atoms with van der Waals surface area (Å²) in [6, 6.07) is 13.7. The number of nitrogens with one attached hydrogen (secondary N) is 1. The molecule has 4 aromatic rings. The average Bonchev–Trinajstić information content (AvgIpc) is 3.64. The Hall–Kier alpha value is -3.67. The predicted molar refractivity (Wildman–Crippen MR) is 115 cm³/mol. The van der Waals surface area contributed by atoms with Crippen molar-refractivity contribution in [3.8, 4) is 17.4 Å². The number of fused-ring (bicyclic) bond motifs is 1. The zero-order chi connectivity index (χ0) is 22.0. The Labute approximate surface area is 189 Å². The first-order valence-electron chi connectivity index (χ1n) is 10.8. The highest BCUT2D eigenvalue weighted by atomic mass is 16.6. The summed E-state index contributed by atoms with van der Waals surface area (Å²) < 4.78 is 21.7. The van der Waals surface area contributed by atoms with Gasteiger partial charge in [-0.2, -0.15) is 4.68 Å². The van der Waals surface area contributed by atoms with E-state index in [9.17, 15) is 0 Å². The first-order chi connectivity index (χ1) is 16.3. The zero-order valence-electron chi connectivity index (χ0n) is 17.6. The fourth-order valence-corrected chi connectivity index (χ4v) is 4.27. The number of hydrogen-bond acceptors (Lipinski definition) is 9. The Morgan fingerprint density at radius 2 is 1.94 bits per heavy atom. The number of nitrogens with zero attached hydrogens (tertiary/aromatic N) is 7. The minimum atomic E-state index is -0.174. The molecule has 1 N–H and O–H groups in total. The normalized spacial score (nSPS) is 24.1. The Bertz CT molecular complexity index is 1180. The summed E-state index contributed by atoms with van der Waals surface area (Å²) in [5.74, 6) is 0.632. The van der Waals surface area contributed by atoms with Gasteiger partial charge in [0.25, 0.3) is 0 Å². The minimum absolute atomic E-state index is 0.0681. The lowest BCUT2D eigenvalue weighted by Gasteiger charge is -2.18. The highest BCUT2D eigenvalue weighted by molar-refractivity contribution is 5.38. The van der Waals surface area contributed by atoms with Crippen LogP contribution in [0.1, 0.15) is 11.7 Å². The van der Waals surface area contributed by atoms with Crippen LogP contribution in [0.4, 0.5) is 0 Å². The van der Waals surface area contributed by atoms with Crippen molar-refractivity contribution in [3.05, 3.63) is 73.1 Å². The largest absolute Gasteiger partial charge is 0.423 e. The van der Waals surface area contributed by atoms with Crippen molar-refractivity contribution >= 4 is 0 Å². The first kappa shape index (κ1) is 20.0. The van der Waals surface area contributed by atoms with Crippen LogP contribution in [0.3, 0.4) is 0 Å². The topological polar surface area (TPSA) is 114 Å². The standard InChI is InChI=1S/C22H22N8O3/c1-2-8-24-15(3-1)11-25-18-12-31-21-19(13-32-20(18)21)30-22(26-27-28-30)33-17-6-4-16(5-7-17)29-10-9-23-14-29/h1-10,14,18-21,25H,11-13H2/t18-,19+,20-,21+/m1/s1. The molecule has 2 saturated heterocycles. The molecule has 0 bridgehead atoms. The molecule has 0 aliphatic carbocycles. The molecule has 2 aliphatic rings. The van der Waals surface area contributed by atoms with Crippen LogP contribution in [0.15, 0.2) is 67.4 Å². The summed E-state index contributed by atoms with van der Waals surface area (Å²) in [7, 11) is 0. The molecule has 1 aromatic carbocycles. The molecule has 6 rings (SSSR count). The number of benzene rings is 1. The number of aromatic nitrogens is 7. The van der Waals surface area contributed by atoms with E-state index in [1.807, 2.05) is 53.2 Å². The van der Waals surface area contributed by atoms with Crippen LogP contribution in [-0.2, 0) is 16.0 Å². The predicted octanol–water partition coefficient (Wildman–Crippen LogP) is 1.54. The van der Waals surface area contributed by atoms with Crippen molar-refractivity contribution in [3.63, 3.8) is 0 Å². The molecule has 33 heavy (non-hydrogen) atoms. The van der Waals surface area contributed by atoms with Gasteiger partial charge in [-0.15, -0.1) is 0 Å². The van der Waals surface area contributed by atoms with Gasteiger partial charge in [0.05, 0.1) is 31.3 Å². The van der Waals surface area contributed by atoms with E-state index in [0.717, 1.165) is 11.4 Å². The number of tetrazole rings is 1. The third-order valence-electron chi connectivity index (χ3n) is 5.92. The molecule has 0 amide bonds. The van der Waals surface area contributed by atoms with Crippen molar-refractivity contribution in [2.24, 2.45) is 0 Å². The summed E-state index contributed by atoms with van der Waals surface area (Å²) in [6.07, 6.45) is 6.89. The second kappa shape index (κ2) is 8.70. The first-order valence-corrected chi connectivity index (χ1v) is 10.8. The lowest BCUT2D eigenvalue weighted by molar-refractivity contribution is 0.0611. The van der Waals surface area contributed by atoms with Crippen LogP contribution < -0.4 is 10.1 Å². The fraction of sp³-hybridized carbons (Fsp3) is 0.318. The van der Waals surface area contributed by atoms with Crippen molar-refractivity contribution in [2.75, 3.05) is 13.2 Å². The molecule has 5 heterocycles. The molecule has 4 atom stereocenters. The Kier molecular flexibility index (Phi) is 5.26. The number of pyridine rings is 1. The molecule has 0 radical (unpaired) electrons. The molecule has 2 aliphatic heterocycles. The van der Waals surface area contributed by atoms with Gasteiger partial charge in [0.1, 0.15) is 24.0 Å². The molecule has 11 heteroatoms. The Morgan fingerprint density at radius 1 is 1.03 bits per heavy atom. The van der Waals surface area contributed by atoms with Gasteiger partial charge in [-0.05, 0) is 46.8 Å².